The predicted octanol–water partition coefficient (Wildman–Crippen LogP) is 2.74. The molecular weight excluding hydrogens is 224 g/mol. The van der Waals surface area contributed by atoms with E-state index >= 15 is 0 Å². The van der Waals surface area contributed by atoms with Crippen LogP contribution in [0, 0.1) is 5.41 Å². The Labute approximate surface area is 109 Å². The molecule has 0 saturated heterocycles. The number of rotatable bonds is 5. The van der Waals surface area contributed by atoms with Gasteiger partial charge in [-0.3, -0.25) is 4.99 Å². The Balaban J connectivity index is 4.88. The highest BCUT2D eigenvalue weighted by Crippen LogP contribution is 2.21. The molecular formula is C14H22N4. The van der Waals surface area contributed by atoms with Crippen LogP contribution in [0.2, 0.25) is 0 Å². The molecule has 18 heavy (non-hydrogen) atoms. The molecule has 0 aromatic rings. The van der Waals surface area contributed by atoms with Gasteiger partial charge in [0.1, 0.15) is 12.2 Å². The summed E-state index contributed by atoms with van der Waals surface area (Å²) in [6.07, 6.45) is 2.89. The van der Waals surface area contributed by atoms with Crippen LogP contribution < -0.4 is 5.73 Å². The van der Waals surface area contributed by atoms with Crippen molar-refractivity contribution in [2.24, 2.45) is 26.1 Å². The third-order valence-corrected chi connectivity index (χ3v) is 2.19. The minimum Gasteiger partial charge on any atom is -0.383 e. The molecule has 4 heteroatoms. The number of aliphatic imine (C=N–C) groups is 3. The second-order valence-corrected chi connectivity index (χ2v) is 4.76. The minimum absolute atomic E-state index is 0.108. The quantitative estimate of drug-likeness (QED) is 0.452. The van der Waals surface area contributed by atoms with Crippen molar-refractivity contribution >= 4 is 17.9 Å². The third-order valence-electron chi connectivity index (χ3n) is 2.19. The Morgan fingerprint density at radius 1 is 1.22 bits per heavy atom. The molecule has 0 aromatic heterocycles. The Morgan fingerprint density at radius 3 is 2.17 bits per heavy atom. The van der Waals surface area contributed by atoms with Crippen LogP contribution in [0.4, 0.5) is 0 Å². The van der Waals surface area contributed by atoms with Crippen molar-refractivity contribution in [1.82, 2.24) is 0 Å². The number of hydrogen-bond donors (Lipinski definition) is 1. The summed E-state index contributed by atoms with van der Waals surface area (Å²) >= 11 is 0. The average molecular weight is 246 g/mol. The lowest BCUT2D eigenvalue weighted by Gasteiger charge is -2.20. The fourth-order valence-corrected chi connectivity index (χ4v) is 1.31. The third kappa shape index (κ3) is 4.91. The first kappa shape index (κ1) is 16.0. The molecule has 0 heterocycles. The number of amidine groups is 1. The highest BCUT2D eigenvalue weighted by molar-refractivity contribution is 6.05. The second kappa shape index (κ2) is 6.69. The Kier molecular flexibility index (Phi) is 5.96. The van der Waals surface area contributed by atoms with Crippen molar-refractivity contribution in [3.8, 4) is 0 Å². The zero-order chi connectivity index (χ0) is 14.3. The summed E-state index contributed by atoms with van der Waals surface area (Å²) in [6, 6.07) is 0. The van der Waals surface area contributed by atoms with E-state index in [9.17, 15) is 0 Å². The zero-order valence-electron chi connectivity index (χ0n) is 11.7. The predicted molar refractivity (Wildman–Crippen MR) is 81.4 cm³/mol. The van der Waals surface area contributed by atoms with Crippen molar-refractivity contribution in [1.29, 1.82) is 0 Å². The van der Waals surface area contributed by atoms with Gasteiger partial charge in [0.2, 0.25) is 0 Å². The highest BCUT2D eigenvalue weighted by atomic mass is 14.9. The summed E-state index contributed by atoms with van der Waals surface area (Å²) in [5, 5.41) is 0. The molecule has 0 rings (SSSR count). The summed E-state index contributed by atoms with van der Waals surface area (Å²) in [7, 11) is 1.72. The molecule has 98 valence electrons. The summed E-state index contributed by atoms with van der Waals surface area (Å²) in [5.74, 6) is 0.285. The van der Waals surface area contributed by atoms with Crippen LogP contribution >= 0.6 is 0 Å². The number of nitrogens with two attached hydrogens (primary N) is 1. The molecule has 0 aliphatic heterocycles. The van der Waals surface area contributed by atoms with E-state index < -0.39 is 0 Å². The van der Waals surface area contributed by atoms with E-state index in [0.717, 1.165) is 5.71 Å². The van der Waals surface area contributed by atoms with E-state index in [0.29, 0.717) is 11.3 Å². The van der Waals surface area contributed by atoms with Crippen LogP contribution in [-0.4, -0.2) is 24.9 Å². The van der Waals surface area contributed by atoms with E-state index in [1.165, 1.54) is 12.4 Å². The molecule has 0 fully saturated rings. The van der Waals surface area contributed by atoms with Gasteiger partial charge in [-0.1, -0.05) is 46.6 Å². The van der Waals surface area contributed by atoms with Gasteiger partial charge in [0.15, 0.2) is 0 Å². The van der Waals surface area contributed by atoms with Crippen molar-refractivity contribution in [2.45, 2.75) is 20.8 Å². The molecule has 4 nitrogen and oxygen atoms in total. The van der Waals surface area contributed by atoms with Crippen LogP contribution in [-0.2, 0) is 0 Å². The van der Waals surface area contributed by atoms with Crippen molar-refractivity contribution in [3.05, 3.63) is 37.1 Å². The fourth-order valence-electron chi connectivity index (χ4n) is 1.31. The molecule has 0 bridgehead atoms. The molecule has 0 aliphatic carbocycles. The largest absolute Gasteiger partial charge is 0.383 e. The number of nitrogens with zero attached hydrogens (tertiary/aromatic N) is 3. The van der Waals surface area contributed by atoms with Gasteiger partial charge in [0.05, 0.1) is 11.4 Å². The SMILES string of the molecule is C=CC(=C)C(N)=NC=NC(=C)C(=NC)C(C)(C)C. The van der Waals surface area contributed by atoms with Crippen molar-refractivity contribution in [3.63, 3.8) is 0 Å². The van der Waals surface area contributed by atoms with Crippen LogP contribution in [0.15, 0.2) is 52.1 Å². The zero-order valence-corrected chi connectivity index (χ0v) is 11.7. The molecule has 0 unspecified atom stereocenters. The summed E-state index contributed by atoms with van der Waals surface area (Å²) in [4.78, 5) is 12.3. The molecule has 0 radical (unpaired) electrons. The summed E-state index contributed by atoms with van der Waals surface area (Å²) in [6.45, 7) is 17.3. The monoisotopic (exact) mass is 246 g/mol. The highest BCUT2D eigenvalue weighted by Gasteiger charge is 2.20. The van der Waals surface area contributed by atoms with Gasteiger partial charge < -0.3 is 5.73 Å². The Morgan fingerprint density at radius 2 is 1.78 bits per heavy atom. The van der Waals surface area contributed by atoms with Gasteiger partial charge in [-0.05, 0) is 0 Å². The van der Waals surface area contributed by atoms with Crippen LogP contribution in [0.5, 0.6) is 0 Å². The van der Waals surface area contributed by atoms with Gasteiger partial charge in [0.25, 0.3) is 0 Å². The average Bonchev–Trinajstić information content (AvgIpc) is 2.26. The Bertz CT molecular complexity index is 431. The Hall–Kier alpha value is -1.97. The first-order valence-corrected chi connectivity index (χ1v) is 5.58. The minimum atomic E-state index is -0.108. The topological polar surface area (TPSA) is 63.1 Å². The maximum Gasteiger partial charge on any atom is 0.131 e. The molecule has 0 aromatic carbocycles. The summed E-state index contributed by atoms with van der Waals surface area (Å²) < 4.78 is 0. The van der Waals surface area contributed by atoms with Crippen LogP contribution in [0.1, 0.15) is 20.8 Å². The van der Waals surface area contributed by atoms with E-state index in [1.54, 1.807) is 7.05 Å². The lowest BCUT2D eigenvalue weighted by molar-refractivity contribution is 0.589. The van der Waals surface area contributed by atoms with E-state index in [-0.39, 0.29) is 11.3 Å². The lowest BCUT2D eigenvalue weighted by Crippen LogP contribution is -2.21. The van der Waals surface area contributed by atoms with E-state index in [1.807, 2.05) is 20.8 Å². The van der Waals surface area contributed by atoms with Crippen molar-refractivity contribution in [2.75, 3.05) is 7.05 Å². The van der Waals surface area contributed by atoms with Gasteiger partial charge >= 0.3 is 0 Å². The number of allylic oxidation sites excluding steroid dienone is 1. The van der Waals surface area contributed by atoms with Crippen LogP contribution in [0.3, 0.4) is 0 Å². The molecule has 0 spiro atoms. The maximum atomic E-state index is 5.64. The molecule has 2 N–H and O–H groups in total. The fraction of sp³-hybridized carbons (Fsp3) is 0.357. The maximum absolute atomic E-state index is 5.64. The molecule has 0 amide bonds. The first-order valence-electron chi connectivity index (χ1n) is 5.58. The van der Waals surface area contributed by atoms with Gasteiger partial charge in [-0.2, -0.15) is 0 Å². The molecule has 0 aliphatic rings. The van der Waals surface area contributed by atoms with Gasteiger partial charge in [-0.25, -0.2) is 9.98 Å². The van der Waals surface area contributed by atoms with E-state index in [2.05, 4.69) is 34.7 Å². The number of hydrogen-bond acceptors (Lipinski definition) is 2. The molecule has 0 atom stereocenters. The molecule has 0 saturated carbocycles. The van der Waals surface area contributed by atoms with Gasteiger partial charge in [-0.15, -0.1) is 0 Å². The van der Waals surface area contributed by atoms with Crippen molar-refractivity contribution < 1.29 is 0 Å². The smallest absolute Gasteiger partial charge is 0.131 e. The standard InChI is InChI=1S/C14H22N4/c1-8-10(2)13(15)18-9-17-11(3)12(16-7)14(4,5)6/h8-9H,1-3H2,4-7H3,(H2,15,17,18). The normalized spacial score (nSPS) is 13.8. The summed E-state index contributed by atoms with van der Waals surface area (Å²) in [5.41, 5.74) is 7.49. The second-order valence-electron chi connectivity index (χ2n) is 4.76. The first-order chi connectivity index (χ1) is 8.23. The van der Waals surface area contributed by atoms with E-state index in [4.69, 9.17) is 5.73 Å². The van der Waals surface area contributed by atoms with Crippen LogP contribution in [0.25, 0.3) is 0 Å². The van der Waals surface area contributed by atoms with Gasteiger partial charge in [0, 0.05) is 18.0 Å². The lowest BCUT2D eigenvalue weighted by atomic mass is 9.88.